The number of hydrogen-bond donors (Lipinski definition) is 0. The first-order chi connectivity index (χ1) is 10.4. The Hall–Kier alpha value is -0.880. The molecule has 0 unspecified atom stereocenters. The van der Waals surface area contributed by atoms with Crippen molar-refractivity contribution < 1.29 is 13.2 Å². The number of fused-ring (bicyclic) bond motifs is 1. The summed E-state index contributed by atoms with van der Waals surface area (Å²) >= 11 is 7.78. The summed E-state index contributed by atoms with van der Waals surface area (Å²) in [7, 11) is 0. The molecule has 2 heterocycles. The van der Waals surface area contributed by atoms with Crippen LogP contribution in [0.5, 0.6) is 0 Å². The van der Waals surface area contributed by atoms with Crippen LogP contribution in [0.4, 0.5) is 13.2 Å². The Balaban J connectivity index is 1.78. The highest BCUT2D eigenvalue weighted by molar-refractivity contribution is 7.99. The molecule has 7 heteroatoms. The lowest BCUT2D eigenvalue weighted by molar-refractivity contribution is -0.137. The van der Waals surface area contributed by atoms with Gasteiger partial charge in [-0.15, -0.1) is 0 Å². The van der Waals surface area contributed by atoms with Crippen molar-refractivity contribution in [2.75, 3.05) is 0 Å². The van der Waals surface area contributed by atoms with Gasteiger partial charge in [-0.3, -0.25) is 0 Å². The van der Waals surface area contributed by atoms with E-state index in [1.54, 1.807) is 6.20 Å². The van der Waals surface area contributed by atoms with E-state index in [0.29, 0.717) is 16.6 Å². The number of aromatic nitrogens is 2. The molecular weight excluding hydrogens is 333 g/mol. The Kier molecular flexibility index (Phi) is 4.59. The predicted octanol–water partition coefficient (Wildman–Crippen LogP) is 5.57. The van der Waals surface area contributed by atoms with Crippen LogP contribution in [-0.4, -0.2) is 14.6 Å². The summed E-state index contributed by atoms with van der Waals surface area (Å²) in [5.41, 5.74) is 0.402. The zero-order valence-electron chi connectivity index (χ0n) is 11.9. The predicted molar refractivity (Wildman–Crippen MR) is 83.4 cm³/mol. The highest BCUT2D eigenvalue weighted by Crippen LogP contribution is 2.33. The molecule has 120 valence electrons. The lowest BCUT2D eigenvalue weighted by atomic mass is 10.0. The first-order valence-corrected chi connectivity index (χ1v) is 8.72. The van der Waals surface area contributed by atoms with Crippen LogP contribution in [0.3, 0.4) is 0 Å². The third-order valence-electron chi connectivity index (χ3n) is 3.90. The first-order valence-electron chi connectivity index (χ1n) is 7.29. The molecule has 3 rings (SSSR count). The quantitative estimate of drug-likeness (QED) is 0.721. The molecule has 0 saturated heterocycles. The number of alkyl halides is 3. The summed E-state index contributed by atoms with van der Waals surface area (Å²) < 4.78 is 39.8. The van der Waals surface area contributed by atoms with Gasteiger partial charge >= 0.3 is 6.18 Å². The van der Waals surface area contributed by atoms with Crippen molar-refractivity contribution in [1.82, 2.24) is 9.38 Å². The summed E-state index contributed by atoms with van der Waals surface area (Å²) in [6, 6.07) is 0.932. The minimum atomic E-state index is -4.40. The van der Waals surface area contributed by atoms with Crippen LogP contribution in [0.15, 0.2) is 18.5 Å². The molecule has 0 aromatic carbocycles. The lowest BCUT2D eigenvalue weighted by Crippen LogP contribution is -2.08. The van der Waals surface area contributed by atoms with Crippen LogP contribution in [0.1, 0.15) is 43.4 Å². The number of imidazole rings is 1. The molecule has 2 aromatic rings. The van der Waals surface area contributed by atoms with Crippen molar-refractivity contribution in [3.8, 4) is 0 Å². The molecule has 0 bridgehead atoms. The molecule has 0 radical (unpaired) electrons. The molecule has 2 nitrogen and oxygen atoms in total. The second-order valence-corrected chi connectivity index (χ2v) is 7.30. The van der Waals surface area contributed by atoms with E-state index in [-0.39, 0.29) is 5.02 Å². The van der Waals surface area contributed by atoms with Crippen molar-refractivity contribution in [2.24, 2.45) is 0 Å². The molecular formula is C15H16ClF3N2S. The second-order valence-electron chi connectivity index (χ2n) is 5.61. The minimum Gasteiger partial charge on any atom is -0.305 e. The van der Waals surface area contributed by atoms with E-state index in [4.69, 9.17) is 11.6 Å². The Morgan fingerprint density at radius 1 is 1.23 bits per heavy atom. The standard InChI is InChI=1S/C15H16ClF3N2S/c16-13-6-10(15(17,18)19)7-21-8-11(20-14(13)21)9-22-12-4-2-1-3-5-12/h6-8,12H,1-5,9H2. The summed E-state index contributed by atoms with van der Waals surface area (Å²) in [4.78, 5) is 4.36. The van der Waals surface area contributed by atoms with E-state index >= 15 is 0 Å². The van der Waals surface area contributed by atoms with Crippen molar-refractivity contribution in [3.63, 3.8) is 0 Å². The van der Waals surface area contributed by atoms with E-state index in [1.807, 2.05) is 11.8 Å². The minimum absolute atomic E-state index is 0.0312. The monoisotopic (exact) mass is 348 g/mol. The van der Waals surface area contributed by atoms with Gasteiger partial charge in [-0.25, -0.2) is 4.98 Å². The van der Waals surface area contributed by atoms with Crippen molar-refractivity contribution in [2.45, 2.75) is 49.3 Å². The Bertz CT molecular complexity index is 663. The smallest absolute Gasteiger partial charge is 0.305 e. The fourth-order valence-corrected chi connectivity index (χ4v) is 4.24. The lowest BCUT2D eigenvalue weighted by Gasteiger charge is -2.20. The average Bonchev–Trinajstić information content (AvgIpc) is 2.89. The SMILES string of the molecule is FC(F)(F)c1cc(Cl)c2nc(CSC3CCCCC3)cn2c1. The van der Waals surface area contributed by atoms with Gasteiger partial charge in [-0.05, 0) is 18.9 Å². The van der Waals surface area contributed by atoms with E-state index in [9.17, 15) is 13.2 Å². The average molecular weight is 349 g/mol. The first kappa shape index (κ1) is 16.0. The van der Waals surface area contributed by atoms with Crippen LogP contribution < -0.4 is 0 Å². The van der Waals surface area contributed by atoms with Crippen LogP contribution >= 0.6 is 23.4 Å². The third-order valence-corrected chi connectivity index (χ3v) is 5.59. The van der Waals surface area contributed by atoms with Crippen molar-refractivity contribution >= 4 is 29.0 Å². The van der Waals surface area contributed by atoms with E-state index in [1.165, 1.54) is 36.5 Å². The summed E-state index contributed by atoms with van der Waals surface area (Å²) in [5, 5.41) is 0.670. The zero-order chi connectivity index (χ0) is 15.7. The molecule has 0 spiro atoms. The Labute approximate surface area is 136 Å². The van der Waals surface area contributed by atoms with Crippen LogP contribution in [0.2, 0.25) is 5.02 Å². The maximum Gasteiger partial charge on any atom is 0.417 e. The number of pyridine rings is 1. The van der Waals surface area contributed by atoms with Gasteiger partial charge in [0.15, 0.2) is 5.65 Å². The Morgan fingerprint density at radius 2 is 1.95 bits per heavy atom. The molecule has 2 aromatic heterocycles. The van der Waals surface area contributed by atoms with E-state index < -0.39 is 11.7 Å². The molecule has 0 amide bonds. The van der Waals surface area contributed by atoms with Gasteiger partial charge in [0, 0.05) is 23.4 Å². The molecule has 1 saturated carbocycles. The number of hydrogen-bond acceptors (Lipinski definition) is 2. The van der Waals surface area contributed by atoms with Crippen molar-refractivity contribution in [3.05, 3.63) is 34.7 Å². The van der Waals surface area contributed by atoms with Crippen LogP contribution in [-0.2, 0) is 11.9 Å². The van der Waals surface area contributed by atoms with Gasteiger partial charge in [0.2, 0.25) is 0 Å². The fraction of sp³-hybridized carbons (Fsp3) is 0.533. The number of halogens is 4. The van der Waals surface area contributed by atoms with Crippen LogP contribution in [0.25, 0.3) is 5.65 Å². The van der Waals surface area contributed by atoms with Gasteiger partial charge < -0.3 is 4.40 Å². The van der Waals surface area contributed by atoms with E-state index in [0.717, 1.165) is 18.0 Å². The molecule has 0 N–H and O–H groups in total. The maximum atomic E-state index is 12.8. The summed E-state index contributed by atoms with van der Waals surface area (Å²) in [6.45, 7) is 0. The largest absolute Gasteiger partial charge is 0.417 e. The molecule has 1 aliphatic rings. The molecule has 1 fully saturated rings. The van der Waals surface area contributed by atoms with Gasteiger partial charge in [-0.1, -0.05) is 30.9 Å². The van der Waals surface area contributed by atoms with Crippen molar-refractivity contribution in [1.29, 1.82) is 0 Å². The second kappa shape index (κ2) is 6.32. The van der Waals surface area contributed by atoms with E-state index in [2.05, 4.69) is 4.98 Å². The van der Waals surface area contributed by atoms with Gasteiger partial charge in [-0.2, -0.15) is 24.9 Å². The Morgan fingerprint density at radius 3 is 2.64 bits per heavy atom. The zero-order valence-corrected chi connectivity index (χ0v) is 13.4. The number of nitrogens with zero attached hydrogens (tertiary/aromatic N) is 2. The highest BCUT2D eigenvalue weighted by Gasteiger charge is 2.31. The topological polar surface area (TPSA) is 17.3 Å². The number of rotatable bonds is 3. The van der Waals surface area contributed by atoms with Gasteiger partial charge in [0.05, 0.1) is 16.3 Å². The molecule has 0 aliphatic heterocycles. The van der Waals surface area contributed by atoms with Gasteiger partial charge in [0.25, 0.3) is 0 Å². The molecule has 1 aliphatic carbocycles. The van der Waals surface area contributed by atoms with Crippen LogP contribution in [0, 0.1) is 0 Å². The molecule has 0 atom stereocenters. The maximum absolute atomic E-state index is 12.8. The molecule has 22 heavy (non-hydrogen) atoms. The fourth-order valence-electron chi connectivity index (χ4n) is 2.77. The normalized spacial score (nSPS) is 17.3. The summed E-state index contributed by atoms with van der Waals surface area (Å²) in [6.07, 6.45) is 4.57. The highest BCUT2D eigenvalue weighted by atomic mass is 35.5. The van der Waals surface area contributed by atoms with Gasteiger partial charge in [0.1, 0.15) is 0 Å². The summed E-state index contributed by atoms with van der Waals surface area (Å²) in [5.74, 6) is 0.712. The number of thioether (sulfide) groups is 1. The third kappa shape index (κ3) is 3.54.